The van der Waals surface area contributed by atoms with Crippen LogP contribution in [0.2, 0.25) is 0 Å². The zero-order valence-electron chi connectivity index (χ0n) is 16.2. The largest absolute Gasteiger partial charge is 0.347 e. The second kappa shape index (κ2) is 5.32. The maximum atomic E-state index is 12.6. The average molecular weight is 347 g/mol. The third kappa shape index (κ3) is 2.09. The standard InChI is InChI=1S/C22H34O3/c1-14-12-21(3)15(13-22(14)24-10-11-25-22)4-5-16-17-6-7-19(23)20(17,2)9-8-18(16)21/h14-18H,4-13H2,1-3H3/t14-,15+,16+,17+,18+,20+,21+/m1/s1. The highest BCUT2D eigenvalue weighted by molar-refractivity contribution is 5.87. The van der Waals surface area contributed by atoms with E-state index in [9.17, 15) is 4.79 Å². The van der Waals surface area contributed by atoms with Crippen LogP contribution in [-0.2, 0) is 14.3 Å². The van der Waals surface area contributed by atoms with Crippen LogP contribution in [0.1, 0.15) is 72.1 Å². The van der Waals surface area contributed by atoms with Gasteiger partial charge in [-0.25, -0.2) is 0 Å². The molecule has 140 valence electrons. The fourth-order valence-electron chi connectivity index (χ4n) is 8.19. The number of carbonyl (C=O) groups excluding carboxylic acids is 1. The van der Waals surface area contributed by atoms with Crippen molar-refractivity contribution >= 4 is 5.78 Å². The normalized spacial score (nSPS) is 54.2. The number of hydrogen-bond donors (Lipinski definition) is 0. The Morgan fingerprint density at radius 1 is 0.960 bits per heavy atom. The highest BCUT2D eigenvalue weighted by atomic mass is 16.7. The summed E-state index contributed by atoms with van der Waals surface area (Å²) >= 11 is 0. The van der Waals surface area contributed by atoms with E-state index >= 15 is 0 Å². The molecule has 5 rings (SSSR count). The molecule has 1 heterocycles. The maximum Gasteiger partial charge on any atom is 0.171 e. The van der Waals surface area contributed by atoms with Gasteiger partial charge in [-0.05, 0) is 67.6 Å². The Morgan fingerprint density at radius 2 is 1.72 bits per heavy atom. The molecule has 4 aliphatic carbocycles. The van der Waals surface area contributed by atoms with Crippen LogP contribution in [0.5, 0.6) is 0 Å². The van der Waals surface area contributed by atoms with E-state index in [0.29, 0.717) is 23.0 Å². The monoisotopic (exact) mass is 346 g/mol. The third-order valence-corrected chi connectivity index (χ3v) is 9.58. The zero-order chi connectivity index (χ0) is 17.4. The van der Waals surface area contributed by atoms with Gasteiger partial charge in [0.05, 0.1) is 13.2 Å². The van der Waals surface area contributed by atoms with Crippen LogP contribution in [0.15, 0.2) is 0 Å². The van der Waals surface area contributed by atoms with E-state index < -0.39 is 0 Å². The summed E-state index contributed by atoms with van der Waals surface area (Å²) in [7, 11) is 0. The predicted molar refractivity (Wildman–Crippen MR) is 95.9 cm³/mol. The van der Waals surface area contributed by atoms with E-state index in [1.54, 1.807) is 0 Å². The molecule has 0 bridgehead atoms. The molecular formula is C22H34O3. The van der Waals surface area contributed by atoms with Gasteiger partial charge >= 0.3 is 0 Å². The topological polar surface area (TPSA) is 35.5 Å². The summed E-state index contributed by atoms with van der Waals surface area (Å²) in [4.78, 5) is 12.6. The molecule has 0 N–H and O–H groups in total. The Hall–Kier alpha value is -0.410. The van der Waals surface area contributed by atoms with E-state index in [4.69, 9.17) is 9.47 Å². The number of carbonyl (C=O) groups is 1. The van der Waals surface area contributed by atoms with Crippen LogP contribution in [0.25, 0.3) is 0 Å². The third-order valence-electron chi connectivity index (χ3n) is 9.58. The Labute approximate surface area is 152 Å². The Morgan fingerprint density at radius 3 is 2.48 bits per heavy atom. The van der Waals surface area contributed by atoms with Crippen LogP contribution in [0.4, 0.5) is 0 Å². The zero-order valence-corrected chi connectivity index (χ0v) is 16.2. The van der Waals surface area contributed by atoms with Crippen molar-refractivity contribution < 1.29 is 14.3 Å². The van der Waals surface area contributed by atoms with E-state index in [1.165, 1.54) is 25.7 Å². The summed E-state index contributed by atoms with van der Waals surface area (Å²) in [6.45, 7) is 8.75. The molecule has 5 aliphatic rings. The van der Waals surface area contributed by atoms with Crippen molar-refractivity contribution in [3.63, 3.8) is 0 Å². The summed E-state index contributed by atoms with van der Waals surface area (Å²) in [5.41, 5.74) is 0.416. The van der Waals surface area contributed by atoms with Crippen molar-refractivity contribution in [2.75, 3.05) is 13.2 Å². The lowest BCUT2D eigenvalue weighted by atomic mass is 9.44. The number of ether oxygens (including phenoxy) is 2. The Kier molecular flexibility index (Phi) is 3.56. The molecule has 4 saturated carbocycles. The second-order valence-corrected chi connectivity index (χ2v) is 10.4. The van der Waals surface area contributed by atoms with Gasteiger partial charge in [-0.1, -0.05) is 20.8 Å². The van der Waals surface area contributed by atoms with Crippen LogP contribution in [-0.4, -0.2) is 24.8 Å². The summed E-state index contributed by atoms with van der Waals surface area (Å²) in [6.07, 6.45) is 9.34. The SMILES string of the molecule is C[C@@H]1C[C@@]2(C)[C@@H](CC[C@@H]3[C@@H]2CC[C@]2(C)C(=O)CC[C@@H]32)CC12OCCO2. The van der Waals surface area contributed by atoms with Gasteiger partial charge in [-0.3, -0.25) is 4.79 Å². The predicted octanol–water partition coefficient (Wildman–Crippen LogP) is 4.59. The van der Waals surface area contributed by atoms with Gasteiger partial charge in [-0.15, -0.1) is 0 Å². The molecule has 1 spiro atoms. The van der Waals surface area contributed by atoms with Gasteiger partial charge in [0.1, 0.15) is 5.78 Å². The first-order chi connectivity index (χ1) is 11.9. The van der Waals surface area contributed by atoms with Crippen molar-refractivity contribution in [2.45, 2.75) is 77.9 Å². The van der Waals surface area contributed by atoms with E-state index in [2.05, 4.69) is 20.8 Å². The Bertz CT molecular complexity index is 580. The minimum absolute atomic E-state index is 0.00352. The molecule has 1 saturated heterocycles. The first kappa shape index (κ1) is 16.7. The molecular weight excluding hydrogens is 312 g/mol. The van der Waals surface area contributed by atoms with Crippen molar-refractivity contribution in [3.05, 3.63) is 0 Å². The molecule has 3 heteroatoms. The number of Topliss-reactive ketones (excluding diaryl/α,β-unsaturated/α-hetero) is 1. The molecule has 0 aromatic carbocycles. The summed E-state index contributed by atoms with van der Waals surface area (Å²) in [5, 5.41) is 0. The van der Waals surface area contributed by atoms with E-state index in [0.717, 1.165) is 56.7 Å². The smallest absolute Gasteiger partial charge is 0.171 e. The minimum atomic E-state index is -0.288. The molecule has 1 aliphatic heterocycles. The highest BCUT2D eigenvalue weighted by Crippen LogP contribution is 2.67. The van der Waals surface area contributed by atoms with Gasteiger partial charge in [0, 0.05) is 24.2 Å². The first-order valence-electron chi connectivity index (χ1n) is 10.7. The first-order valence-corrected chi connectivity index (χ1v) is 10.7. The lowest BCUT2D eigenvalue weighted by Gasteiger charge is -2.62. The summed E-state index contributed by atoms with van der Waals surface area (Å²) < 4.78 is 12.3. The minimum Gasteiger partial charge on any atom is -0.347 e. The molecule has 5 fully saturated rings. The molecule has 0 amide bonds. The fourth-order valence-corrected chi connectivity index (χ4v) is 8.19. The fraction of sp³-hybridized carbons (Fsp3) is 0.955. The van der Waals surface area contributed by atoms with Gasteiger partial charge in [-0.2, -0.15) is 0 Å². The molecule has 0 unspecified atom stereocenters. The molecule has 0 radical (unpaired) electrons. The maximum absolute atomic E-state index is 12.6. The average Bonchev–Trinajstić information content (AvgIpc) is 3.16. The van der Waals surface area contributed by atoms with E-state index in [-0.39, 0.29) is 11.2 Å². The lowest BCUT2D eigenvalue weighted by Crippen LogP contribution is -2.58. The van der Waals surface area contributed by atoms with Gasteiger partial charge < -0.3 is 9.47 Å². The molecule has 3 nitrogen and oxygen atoms in total. The lowest BCUT2D eigenvalue weighted by molar-refractivity contribution is -0.257. The molecule has 7 atom stereocenters. The van der Waals surface area contributed by atoms with Crippen LogP contribution < -0.4 is 0 Å². The number of fused-ring (bicyclic) bond motifs is 5. The van der Waals surface area contributed by atoms with Crippen LogP contribution in [0.3, 0.4) is 0 Å². The van der Waals surface area contributed by atoms with Gasteiger partial charge in [0.2, 0.25) is 0 Å². The Balaban J connectivity index is 1.44. The van der Waals surface area contributed by atoms with Gasteiger partial charge in [0.25, 0.3) is 0 Å². The molecule has 0 aromatic rings. The quantitative estimate of drug-likeness (QED) is 0.644. The van der Waals surface area contributed by atoms with Crippen molar-refractivity contribution in [2.24, 2.45) is 40.4 Å². The van der Waals surface area contributed by atoms with E-state index in [1.807, 2.05) is 0 Å². The van der Waals surface area contributed by atoms with Crippen LogP contribution >= 0.6 is 0 Å². The number of ketones is 1. The highest BCUT2D eigenvalue weighted by Gasteiger charge is 2.63. The molecule has 0 aromatic heterocycles. The number of rotatable bonds is 0. The molecule has 25 heavy (non-hydrogen) atoms. The second-order valence-electron chi connectivity index (χ2n) is 10.4. The summed E-state index contributed by atoms with van der Waals surface area (Å²) in [6, 6.07) is 0. The summed E-state index contributed by atoms with van der Waals surface area (Å²) in [5.74, 6) is 3.71. The number of hydrogen-bond acceptors (Lipinski definition) is 3. The van der Waals surface area contributed by atoms with Crippen molar-refractivity contribution in [1.82, 2.24) is 0 Å². The van der Waals surface area contributed by atoms with Crippen molar-refractivity contribution in [1.29, 1.82) is 0 Å². The van der Waals surface area contributed by atoms with Crippen LogP contribution in [0, 0.1) is 40.4 Å². The van der Waals surface area contributed by atoms with Crippen molar-refractivity contribution in [3.8, 4) is 0 Å². The van der Waals surface area contributed by atoms with Gasteiger partial charge in [0.15, 0.2) is 5.79 Å².